The summed E-state index contributed by atoms with van der Waals surface area (Å²) in [6.07, 6.45) is -2.35. The van der Waals surface area contributed by atoms with E-state index in [1.54, 1.807) is 18.2 Å². The summed E-state index contributed by atoms with van der Waals surface area (Å²) in [5.41, 5.74) is 2.83. The van der Waals surface area contributed by atoms with Crippen molar-refractivity contribution in [3.8, 4) is 5.75 Å². The monoisotopic (exact) mass is 495 g/mol. The van der Waals surface area contributed by atoms with E-state index in [1.807, 2.05) is 18.2 Å². The van der Waals surface area contributed by atoms with Crippen LogP contribution in [0.3, 0.4) is 0 Å². The number of carbonyl (C=O) groups is 1. The first kappa shape index (κ1) is 22.3. The Morgan fingerprint density at radius 1 is 1.14 bits per heavy atom. The SMILES string of the molecule is O=C(c1cc(Cc2n[nH]c(=O)c3ccccc23)cc2c1OCC2)N1CCn2c(cnc2C(F)(F)F)C1. The van der Waals surface area contributed by atoms with Gasteiger partial charge in [-0.2, -0.15) is 18.3 Å². The number of benzene rings is 2. The van der Waals surface area contributed by atoms with Crippen LogP contribution in [-0.4, -0.2) is 43.7 Å². The van der Waals surface area contributed by atoms with E-state index >= 15 is 0 Å². The maximum atomic E-state index is 13.6. The molecule has 4 heterocycles. The van der Waals surface area contributed by atoms with Crippen molar-refractivity contribution < 1.29 is 22.7 Å². The van der Waals surface area contributed by atoms with Crippen molar-refractivity contribution in [3.63, 3.8) is 0 Å². The Bertz CT molecular complexity index is 1570. The minimum atomic E-state index is -4.55. The van der Waals surface area contributed by atoms with Gasteiger partial charge in [-0.3, -0.25) is 9.59 Å². The lowest BCUT2D eigenvalue weighted by molar-refractivity contribution is -0.147. The molecular formula is C25H20F3N5O3. The van der Waals surface area contributed by atoms with E-state index in [1.165, 1.54) is 11.1 Å². The van der Waals surface area contributed by atoms with Crippen LogP contribution < -0.4 is 10.3 Å². The highest BCUT2D eigenvalue weighted by Gasteiger charge is 2.39. The first-order valence-corrected chi connectivity index (χ1v) is 11.5. The van der Waals surface area contributed by atoms with Gasteiger partial charge in [-0.25, -0.2) is 10.1 Å². The van der Waals surface area contributed by atoms with Crippen LogP contribution in [0.4, 0.5) is 13.2 Å². The lowest BCUT2D eigenvalue weighted by atomic mass is 9.98. The second-order valence-corrected chi connectivity index (χ2v) is 8.90. The van der Waals surface area contributed by atoms with Gasteiger partial charge in [0.05, 0.1) is 41.7 Å². The molecule has 6 rings (SSSR count). The van der Waals surface area contributed by atoms with Crippen LogP contribution in [0.15, 0.2) is 47.4 Å². The van der Waals surface area contributed by atoms with E-state index in [2.05, 4.69) is 15.2 Å². The summed E-state index contributed by atoms with van der Waals surface area (Å²) in [5, 5.41) is 8.04. The van der Waals surface area contributed by atoms with Crippen LogP contribution in [0.2, 0.25) is 0 Å². The molecule has 0 aliphatic carbocycles. The van der Waals surface area contributed by atoms with Crippen molar-refractivity contribution in [1.82, 2.24) is 24.6 Å². The Hall–Kier alpha value is -4.15. The van der Waals surface area contributed by atoms with Crippen LogP contribution in [-0.2, 0) is 32.1 Å². The normalized spacial score (nSPS) is 15.0. The number of hydrogen-bond acceptors (Lipinski definition) is 5. The average Bonchev–Trinajstić information content (AvgIpc) is 3.51. The fraction of sp³-hybridized carbons (Fsp3) is 0.280. The average molecular weight is 495 g/mol. The minimum Gasteiger partial charge on any atom is -0.492 e. The second kappa shape index (κ2) is 8.21. The Kier molecular flexibility index (Phi) is 5.09. The molecule has 2 aromatic heterocycles. The van der Waals surface area contributed by atoms with Gasteiger partial charge in [-0.1, -0.05) is 24.3 Å². The van der Waals surface area contributed by atoms with Gasteiger partial charge in [0.1, 0.15) is 5.75 Å². The van der Waals surface area contributed by atoms with Gasteiger partial charge in [0, 0.05) is 31.3 Å². The molecule has 0 unspecified atom stereocenters. The van der Waals surface area contributed by atoms with Gasteiger partial charge >= 0.3 is 6.18 Å². The lowest BCUT2D eigenvalue weighted by Crippen LogP contribution is -2.39. The number of amides is 1. The zero-order valence-electron chi connectivity index (χ0n) is 18.9. The molecule has 1 amide bonds. The van der Waals surface area contributed by atoms with Crippen molar-refractivity contribution in [2.24, 2.45) is 0 Å². The summed E-state index contributed by atoms with van der Waals surface area (Å²) >= 11 is 0. The Morgan fingerprint density at radius 3 is 2.75 bits per heavy atom. The molecule has 1 N–H and O–H groups in total. The van der Waals surface area contributed by atoms with Gasteiger partial charge < -0.3 is 14.2 Å². The standard InChI is InChI=1S/C25H20F3N5O3/c26-25(27,28)24-29-12-16-13-32(6-7-33(16)24)23(35)19-10-14(9-15-5-8-36-21(15)19)11-20-17-3-1-2-4-18(17)22(34)31-30-20/h1-4,9-10,12H,5-8,11,13H2,(H,31,34). The predicted molar refractivity (Wildman–Crippen MR) is 123 cm³/mol. The smallest absolute Gasteiger partial charge is 0.449 e. The molecule has 0 saturated carbocycles. The summed E-state index contributed by atoms with van der Waals surface area (Å²) in [7, 11) is 0. The molecule has 8 nitrogen and oxygen atoms in total. The topological polar surface area (TPSA) is 93.1 Å². The Morgan fingerprint density at radius 2 is 1.94 bits per heavy atom. The van der Waals surface area contributed by atoms with Crippen molar-refractivity contribution in [3.05, 3.63) is 86.9 Å². The maximum absolute atomic E-state index is 13.6. The molecule has 2 aromatic carbocycles. The van der Waals surface area contributed by atoms with Crippen LogP contribution in [0.5, 0.6) is 5.75 Å². The Balaban J connectivity index is 1.33. The number of H-pyrrole nitrogens is 1. The molecule has 4 aromatic rings. The number of ether oxygens (including phenoxy) is 1. The van der Waals surface area contributed by atoms with Gasteiger partial charge in [-0.15, -0.1) is 0 Å². The molecule has 2 aliphatic rings. The molecular weight excluding hydrogens is 475 g/mol. The first-order chi connectivity index (χ1) is 17.3. The number of nitrogens with one attached hydrogen (secondary N) is 1. The highest BCUT2D eigenvalue weighted by Crippen LogP contribution is 2.35. The van der Waals surface area contributed by atoms with Gasteiger partial charge in [-0.05, 0) is 23.3 Å². The highest BCUT2D eigenvalue weighted by molar-refractivity contribution is 5.98. The van der Waals surface area contributed by atoms with Crippen molar-refractivity contribution in [2.45, 2.75) is 32.1 Å². The van der Waals surface area contributed by atoms with E-state index in [0.29, 0.717) is 47.5 Å². The van der Waals surface area contributed by atoms with Crippen molar-refractivity contribution in [1.29, 1.82) is 0 Å². The lowest BCUT2D eigenvalue weighted by Gasteiger charge is -2.29. The molecule has 2 aliphatic heterocycles. The highest BCUT2D eigenvalue weighted by atomic mass is 19.4. The number of aromatic nitrogens is 4. The van der Waals surface area contributed by atoms with Gasteiger partial charge in [0.15, 0.2) is 0 Å². The van der Waals surface area contributed by atoms with Gasteiger partial charge in [0.25, 0.3) is 11.5 Å². The summed E-state index contributed by atoms with van der Waals surface area (Å²) in [5.74, 6) is -0.746. The molecule has 0 saturated heterocycles. The third kappa shape index (κ3) is 3.71. The zero-order valence-corrected chi connectivity index (χ0v) is 18.9. The summed E-state index contributed by atoms with van der Waals surface area (Å²) in [4.78, 5) is 30.8. The third-order valence-corrected chi connectivity index (χ3v) is 6.65. The molecule has 0 radical (unpaired) electrons. The number of rotatable bonds is 3. The molecule has 184 valence electrons. The van der Waals surface area contributed by atoms with Crippen LogP contribution in [0, 0.1) is 0 Å². The predicted octanol–water partition coefficient (Wildman–Crippen LogP) is 3.32. The molecule has 11 heteroatoms. The fourth-order valence-electron chi connectivity index (χ4n) is 4.99. The van der Waals surface area contributed by atoms with Crippen LogP contribution in [0.25, 0.3) is 10.8 Å². The summed E-state index contributed by atoms with van der Waals surface area (Å²) in [6.45, 7) is 0.593. The number of halogens is 3. The first-order valence-electron chi connectivity index (χ1n) is 11.5. The zero-order chi connectivity index (χ0) is 25.0. The number of carbonyl (C=O) groups excluding carboxylic acids is 1. The number of imidazole rings is 1. The van der Waals surface area contributed by atoms with Crippen LogP contribution >= 0.6 is 0 Å². The second-order valence-electron chi connectivity index (χ2n) is 8.90. The van der Waals surface area contributed by atoms with Crippen molar-refractivity contribution >= 4 is 16.7 Å². The number of alkyl halides is 3. The fourth-order valence-corrected chi connectivity index (χ4v) is 4.99. The van der Waals surface area contributed by atoms with E-state index in [-0.39, 0.29) is 31.1 Å². The summed E-state index contributed by atoms with van der Waals surface area (Å²) in [6, 6.07) is 10.9. The molecule has 0 spiro atoms. The number of nitrogens with zero attached hydrogens (tertiary/aromatic N) is 4. The van der Waals surface area contributed by atoms with E-state index in [9.17, 15) is 22.8 Å². The van der Waals surface area contributed by atoms with Crippen LogP contribution in [0.1, 0.15) is 38.7 Å². The van der Waals surface area contributed by atoms with E-state index in [4.69, 9.17) is 4.74 Å². The molecule has 0 fully saturated rings. The molecule has 36 heavy (non-hydrogen) atoms. The third-order valence-electron chi connectivity index (χ3n) is 6.65. The minimum absolute atomic E-state index is 0.00590. The van der Waals surface area contributed by atoms with Gasteiger partial charge in [0.2, 0.25) is 5.82 Å². The van der Waals surface area contributed by atoms with E-state index in [0.717, 1.165) is 21.1 Å². The Labute approximate surface area is 202 Å². The number of hydrogen-bond donors (Lipinski definition) is 1. The summed E-state index contributed by atoms with van der Waals surface area (Å²) < 4.78 is 46.5. The maximum Gasteiger partial charge on any atom is 0.449 e. The quantitative estimate of drug-likeness (QED) is 0.471. The number of fused-ring (bicyclic) bond motifs is 3. The largest absolute Gasteiger partial charge is 0.492 e. The molecule has 0 atom stereocenters. The van der Waals surface area contributed by atoms with Crippen molar-refractivity contribution in [2.75, 3.05) is 13.2 Å². The molecule has 0 bridgehead atoms. The number of aromatic amines is 1. The van der Waals surface area contributed by atoms with E-state index < -0.39 is 12.0 Å².